The Labute approximate surface area is 189 Å². The van der Waals surface area contributed by atoms with E-state index in [4.69, 9.17) is 15.2 Å². The van der Waals surface area contributed by atoms with Crippen molar-refractivity contribution in [1.82, 2.24) is 10.6 Å². The minimum atomic E-state index is -1.05. The quantitative estimate of drug-likeness (QED) is 0.565. The molecule has 32 heavy (non-hydrogen) atoms. The number of amides is 2. The summed E-state index contributed by atoms with van der Waals surface area (Å²) in [5, 5.41) is 6.33. The van der Waals surface area contributed by atoms with E-state index in [1.54, 1.807) is 6.92 Å². The van der Waals surface area contributed by atoms with Gasteiger partial charge < -0.3 is 25.8 Å². The van der Waals surface area contributed by atoms with Crippen molar-refractivity contribution in [1.29, 1.82) is 0 Å². The molecule has 0 bridgehead atoms. The second-order valence-electron chi connectivity index (χ2n) is 9.13. The van der Waals surface area contributed by atoms with Gasteiger partial charge in [-0.15, -0.1) is 0 Å². The van der Waals surface area contributed by atoms with Crippen LogP contribution in [0, 0.1) is 5.41 Å². The van der Waals surface area contributed by atoms with Crippen LogP contribution in [0.25, 0.3) is 0 Å². The van der Waals surface area contributed by atoms with E-state index in [1.165, 1.54) is 0 Å². The van der Waals surface area contributed by atoms with Gasteiger partial charge in [-0.25, -0.2) is 0 Å². The van der Waals surface area contributed by atoms with Crippen LogP contribution in [-0.2, 0) is 19.1 Å². The maximum atomic E-state index is 13.0. The Hall–Kier alpha value is -2.64. The molecule has 1 fully saturated rings. The molecule has 4 atom stereocenters. The fourth-order valence-electron chi connectivity index (χ4n) is 4.93. The number of carbonyl (C=O) groups excluding carboxylic acids is 2. The topological polar surface area (TPSA) is 103 Å². The summed E-state index contributed by atoms with van der Waals surface area (Å²) < 4.78 is 11.9. The predicted octanol–water partition coefficient (Wildman–Crippen LogP) is 2.15. The number of morpholine rings is 1. The largest absolute Gasteiger partial charge is 0.493 e. The van der Waals surface area contributed by atoms with Crippen LogP contribution in [0.4, 0.5) is 0 Å². The average Bonchev–Trinajstić information content (AvgIpc) is 3.14. The van der Waals surface area contributed by atoms with E-state index in [9.17, 15) is 9.59 Å². The Balaban J connectivity index is 1.50. The van der Waals surface area contributed by atoms with E-state index in [0.717, 1.165) is 43.7 Å². The summed E-state index contributed by atoms with van der Waals surface area (Å²) >= 11 is 0. The molecule has 4 unspecified atom stereocenters. The second-order valence-corrected chi connectivity index (χ2v) is 9.13. The van der Waals surface area contributed by atoms with Gasteiger partial charge in [0, 0.05) is 36.7 Å². The van der Waals surface area contributed by atoms with Crippen LogP contribution in [0.15, 0.2) is 53.3 Å². The molecule has 0 radical (unpaired) electrons. The highest BCUT2D eigenvalue weighted by Gasteiger charge is 2.49. The zero-order valence-corrected chi connectivity index (χ0v) is 18.9. The van der Waals surface area contributed by atoms with Crippen molar-refractivity contribution in [2.75, 3.05) is 26.2 Å². The number of nitrogens with one attached hydrogen (secondary N) is 2. The zero-order chi connectivity index (χ0) is 22.7. The maximum absolute atomic E-state index is 13.0. The summed E-state index contributed by atoms with van der Waals surface area (Å²) in [5.74, 6) is -0.0851. The lowest BCUT2D eigenvalue weighted by molar-refractivity contribution is -0.127. The third-order valence-corrected chi connectivity index (χ3v) is 6.73. The van der Waals surface area contributed by atoms with Gasteiger partial charge >= 0.3 is 0 Å². The normalized spacial score (nSPS) is 29.7. The van der Waals surface area contributed by atoms with Crippen LogP contribution in [0.5, 0.6) is 0 Å². The smallest absolute Gasteiger partial charge is 0.247 e. The Kier molecular flexibility index (Phi) is 6.67. The number of hydrogen-bond donors (Lipinski definition) is 3. The van der Waals surface area contributed by atoms with Crippen LogP contribution in [0.2, 0.25) is 0 Å². The number of benzene rings is 1. The molecule has 1 aliphatic carbocycles. The molecule has 1 aromatic carbocycles. The molecule has 3 aliphatic rings. The lowest BCUT2D eigenvalue weighted by Gasteiger charge is -2.31. The molecule has 1 aromatic rings. The molecule has 172 valence electrons. The highest BCUT2D eigenvalue weighted by molar-refractivity contribution is 5.97. The summed E-state index contributed by atoms with van der Waals surface area (Å²) in [4.78, 5) is 25.5. The summed E-state index contributed by atoms with van der Waals surface area (Å²) in [7, 11) is 0. The molecule has 7 heteroatoms. The van der Waals surface area contributed by atoms with Gasteiger partial charge in [0.2, 0.25) is 11.8 Å². The molecule has 2 heterocycles. The van der Waals surface area contributed by atoms with E-state index in [0.29, 0.717) is 17.9 Å². The molecule has 4 N–H and O–H groups in total. The van der Waals surface area contributed by atoms with Crippen molar-refractivity contribution >= 4 is 11.8 Å². The molecule has 0 spiro atoms. The fraction of sp³-hybridized carbons (Fsp3) is 0.520. The molecule has 7 nitrogen and oxygen atoms in total. The van der Waals surface area contributed by atoms with Crippen LogP contribution in [-0.4, -0.2) is 50.3 Å². The van der Waals surface area contributed by atoms with E-state index >= 15 is 0 Å². The number of nitrogens with two attached hydrogens (primary N) is 1. The van der Waals surface area contributed by atoms with Crippen molar-refractivity contribution < 1.29 is 19.1 Å². The molecular weight excluding hydrogens is 406 g/mol. The Bertz CT molecular complexity index is 920. The number of ether oxygens (including phenoxy) is 2. The van der Waals surface area contributed by atoms with Gasteiger partial charge in [0.1, 0.15) is 17.3 Å². The van der Waals surface area contributed by atoms with Gasteiger partial charge in [0.05, 0.1) is 12.7 Å². The lowest BCUT2D eigenvalue weighted by atomic mass is 9.72. The van der Waals surface area contributed by atoms with Gasteiger partial charge in [-0.3, -0.25) is 9.59 Å². The molecule has 0 aromatic heterocycles. The van der Waals surface area contributed by atoms with Gasteiger partial charge in [0.15, 0.2) is 0 Å². The number of hydrogen-bond acceptors (Lipinski definition) is 5. The number of rotatable bonds is 7. The van der Waals surface area contributed by atoms with Gasteiger partial charge in [-0.1, -0.05) is 30.3 Å². The minimum absolute atomic E-state index is 0.0519. The molecule has 0 saturated carbocycles. The predicted molar refractivity (Wildman–Crippen MR) is 122 cm³/mol. The van der Waals surface area contributed by atoms with Crippen LogP contribution >= 0.6 is 0 Å². The van der Waals surface area contributed by atoms with Crippen LogP contribution < -0.4 is 16.4 Å². The third kappa shape index (κ3) is 4.45. The molecule has 2 amide bonds. The highest BCUT2D eigenvalue weighted by Crippen LogP contribution is 2.51. The van der Waals surface area contributed by atoms with Crippen molar-refractivity contribution in [3.8, 4) is 0 Å². The first-order valence-electron chi connectivity index (χ1n) is 11.5. The number of carbonyl (C=O) groups is 2. The average molecular weight is 440 g/mol. The maximum Gasteiger partial charge on any atom is 0.247 e. The lowest BCUT2D eigenvalue weighted by Crippen LogP contribution is -2.41. The monoisotopic (exact) mass is 439 g/mol. The SMILES string of the molecule is CC1OC2=C(C=C(C(=O)NCCCC3CNCCO3)CC2(C)C(N)=O)C1c1ccccc1. The molecular formula is C25H33N3O4. The second kappa shape index (κ2) is 9.46. The summed E-state index contributed by atoms with van der Waals surface area (Å²) in [6.07, 6.45) is 3.91. The van der Waals surface area contributed by atoms with Gasteiger partial charge in [-0.05, 0) is 44.7 Å². The minimum Gasteiger partial charge on any atom is -0.493 e. The first-order chi connectivity index (χ1) is 15.4. The van der Waals surface area contributed by atoms with Crippen molar-refractivity contribution in [2.45, 2.75) is 51.2 Å². The third-order valence-electron chi connectivity index (χ3n) is 6.73. The Morgan fingerprint density at radius 3 is 2.75 bits per heavy atom. The van der Waals surface area contributed by atoms with Gasteiger partial charge in [-0.2, -0.15) is 0 Å². The first kappa shape index (κ1) is 22.6. The zero-order valence-electron chi connectivity index (χ0n) is 18.9. The van der Waals surface area contributed by atoms with E-state index < -0.39 is 11.3 Å². The van der Waals surface area contributed by atoms with Crippen LogP contribution in [0.3, 0.4) is 0 Å². The fourth-order valence-corrected chi connectivity index (χ4v) is 4.93. The van der Waals surface area contributed by atoms with Gasteiger partial charge in [0.25, 0.3) is 0 Å². The molecule has 1 saturated heterocycles. The number of primary amides is 1. The Morgan fingerprint density at radius 2 is 2.06 bits per heavy atom. The summed E-state index contributed by atoms with van der Waals surface area (Å²) in [6, 6.07) is 10.0. The highest BCUT2D eigenvalue weighted by atomic mass is 16.5. The molecule has 2 aliphatic heterocycles. The van der Waals surface area contributed by atoms with Crippen molar-refractivity contribution in [2.24, 2.45) is 11.1 Å². The summed E-state index contributed by atoms with van der Waals surface area (Å²) in [5.41, 5.74) is 7.32. The summed E-state index contributed by atoms with van der Waals surface area (Å²) in [6.45, 7) is 6.81. The molecule has 4 rings (SSSR count). The van der Waals surface area contributed by atoms with E-state index in [-0.39, 0.29) is 30.5 Å². The van der Waals surface area contributed by atoms with Crippen molar-refractivity contribution in [3.63, 3.8) is 0 Å². The van der Waals surface area contributed by atoms with Crippen LogP contribution in [0.1, 0.15) is 44.6 Å². The number of allylic oxidation sites excluding steroid dienone is 1. The van der Waals surface area contributed by atoms with E-state index in [1.807, 2.05) is 43.3 Å². The van der Waals surface area contributed by atoms with Crippen molar-refractivity contribution in [3.05, 3.63) is 58.9 Å². The first-order valence-corrected chi connectivity index (χ1v) is 11.5. The standard InChI is InChI=1S/C25H33N3O4/c1-16-21(17-7-4-3-5-8-17)20-13-18(14-25(2,24(26)30)22(20)32-16)23(29)28-10-6-9-19-15-27-11-12-31-19/h3-5,7-8,13,16,19,21,27H,6,9-12,14-15H2,1-2H3,(H2,26,30)(H,28,29). The van der Waals surface area contributed by atoms with E-state index in [2.05, 4.69) is 10.6 Å². The Morgan fingerprint density at radius 1 is 1.28 bits per heavy atom.